The summed E-state index contributed by atoms with van der Waals surface area (Å²) in [5.74, 6) is -0.467. The molecule has 0 unspecified atom stereocenters. The highest BCUT2D eigenvalue weighted by Crippen LogP contribution is 2.23. The van der Waals surface area contributed by atoms with Gasteiger partial charge in [0.2, 0.25) is 17.7 Å². The van der Waals surface area contributed by atoms with Crippen molar-refractivity contribution in [2.45, 2.75) is 57.7 Å². The quantitative estimate of drug-likeness (QED) is 0.430. The van der Waals surface area contributed by atoms with E-state index in [2.05, 4.69) is 29.8 Å². The molecule has 41 heavy (non-hydrogen) atoms. The van der Waals surface area contributed by atoms with Gasteiger partial charge < -0.3 is 30.3 Å². The van der Waals surface area contributed by atoms with Gasteiger partial charge in [0.05, 0.1) is 24.6 Å². The van der Waals surface area contributed by atoms with Gasteiger partial charge in [0, 0.05) is 11.6 Å². The number of para-hydroxylation sites is 1. The van der Waals surface area contributed by atoms with Crippen LogP contribution in [-0.2, 0) is 14.4 Å². The normalized spacial score (nSPS) is 21.6. The summed E-state index contributed by atoms with van der Waals surface area (Å²) in [7, 11) is 0. The number of nitrogens with one attached hydrogen (secondary N) is 3. The maximum atomic E-state index is 13.4. The van der Waals surface area contributed by atoms with E-state index in [0.717, 1.165) is 0 Å². The summed E-state index contributed by atoms with van der Waals surface area (Å²) >= 11 is 5.90. The van der Waals surface area contributed by atoms with Crippen molar-refractivity contribution >= 4 is 35.2 Å². The fourth-order valence-electron chi connectivity index (χ4n) is 5.08. The van der Waals surface area contributed by atoms with Crippen LogP contribution in [0.3, 0.4) is 0 Å². The van der Waals surface area contributed by atoms with Crippen molar-refractivity contribution in [3.05, 3.63) is 59.1 Å². The Balaban J connectivity index is 1.52. The molecular formula is C30H37ClN4O6. The number of halogens is 1. The van der Waals surface area contributed by atoms with Gasteiger partial charge in [-0.15, -0.1) is 0 Å². The van der Waals surface area contributed by atoms with E-state index in [4.69, 9.17) is 21.1 Å². The van der Waals surface area contributed by atoms with E-state index >= 15 is 0 Å². The van der Waals surface area contributed by atoms with Crippen LogP contribution in [0.1, 0.15) is 49.9 Å². The number of nitrogens with zero attached hydrogens (tertiary/aromatic N) is 1. The molecule has 1 saturated heterocycles. The van der Waals surface area contributed by atoms with E-state index in [1.165, 1.54) is 4.90 Å². The summed E-state index contributed by atoms with van der Waals surface area (Å²) < 4.78 is 11.7. The van der Waals surface area contributed by atoms with Crippen LogP contribution in [0.15, 0.2) is 48.5 Å². The molecule has 11 heteroatoms. The molecule has 2 aliphatic rings. The maximum absolute atomic E-state index is 13.4. The van der Waals surface area contributed by atoms with Gasteiger partial charge in [0.25, 0.3) is 5.91 Å². The molecular weight excluding hydrogens is 548 g/mol. The first-order chi connectivity index (χ1) is 19.7. The summed E-state index contributed by atoms with van der Waals surface area (Å²) in [6.45, 7) is 4.99. The number of carbonyl (C=O) groups excluding carboxylic acids is 4. The molecule has 0 spiro atoms. The van der Waals surface area contributed by atoms with Crippen LogP contribution >= 0.6 is 11.6 Å². The summed E-state index contributed by atoms with van der Waals surface area (Å²) in [4.78, 5) is 54.8. The molecule has 220 valence electrons. The average molecular weight is 585 g/mol. The molecule has 3 N–H and O–H groups in total. The highest BCUT2D eigenvalue weighted by Gasteiger charge is 2.37. The molecule has 0 radical (unpaired) electrons. The van der Waals surface area contributed by atoms with Crippen molar-refractivity contribution in [1.82, 2.24) is 20.9 Å². The summed E-state index contributed by atoms with van der Waals surface area (Å²) in [5.41, 5.74) is 0.231. The number of ether oxygens (including phenoxy) is 2. The monoisotopic (exact) mass is 584 g/mol. The minimum Gasteiger partial charge on any atom is -0.492 e. The van der Waals surface area contributed by atoms with Gasteiger partial charge >= 0.3 is 0 Å². The molecule has 3 atom stereocenters. The molecule has 0 aromatic heterocycles. The Bertz CT molecular complexity index is 1240. The molecule has 2 aromatic carbocycles. The van der Waals surface area contributed by atoms with E-state index in [1.807, 2.05) is 0 Å². The van der Waals surface area contributed by atoms with Crippen molar-refractivity contribution in [1.29, 1.82) is 0 Å². The Morgan fingerprint density at radius 1 is 1.12 bits per heavy atom. The Kier molecular flexibility index (Phi) is 10.5. The second-order valence-corrected chi connectivity index (χ2v) is 11.1. The van der Waals surface area contributed by atoms with E-state index < -0.39 is 23.9 Å². The van der Waals surface area contributed by atoms with Gasteiger partial charge in [-0.1, -0.05) is 37.6 Å². The fourth-order valence-corrected chi connectivity index (χ4v) is 5.20. The molecule has 4 amide bonds. The lowest BCUT2D eigenvalue weighted by Gasteiger charge is -2.29. The van der Waals surface area contributed by atoms with Crippen LogP contribution in [0.25, 0.3) is 0 Å². The summed E-state index contributed by atoms with van der Waals surface area (Å²) in [6.07, 6.45) is 1.58. The van der Waals surface area contributed by atoms with Crippen molar-refractivity contribution in [2.24, 2.45) is 5.92 Å². The van der Waals surface area contributed by atoms with Crippen molar-refractivity contribution in [3.63, 3.8) is 0 Å². The van der Waals surface area contributed by atoms with Crippen LogP contribution in [0.4, 0.5) is 0 Å². The highest BCUT2D eigenvalue weighted by atomic mass is 35.5. The zero-order chi connectivity index (χ0) is 29.4. The first kappa shape index (κ1) is 30.2. The van der Waals surface area contributed by atoms with E-state index in [-0.39, 0.29) is 49.6 Å². The van der Waals surface area contributed by atoms with Gasteiger partial charge in [-0.2, -0.15) is 0 Å². The molecule has 0 aliphatic carbocycles. The van der Waals surface area contributed by atoms with Crippen LogP contribution in [0.5, 0.6) is 11.5 Å². The highest BCUT2D eigenvalue weighted by molar-refractivity contribution is 6.30. The number of hydrogen-bond donors (Lipinski definition) is 3. The number of hydrogen-bond acceptors (Lipinski definition) is 6. The zero-order valence-corrected chi connectivity index (χ0v) is 24.1. The molecule has 10 nitrogen and oxygen atoms in total. The summed E-state index contributed by atoms with van der Waals surface area (Å²) in [5, 5.41) is 9.11. The first-order valence-corrected chi connectivity index (χ1v) is 14.4. The minimum absolute atomic E-state index is 0.147. The summed E-state index contributed by atoms with van der Waals surface area (Å²) in [6, 6.07) is 11.4. The Labute approximate surface area is 245 Å². The molecule has 1 fully saturated rings. The van der Waals surface area contributed by atoms with Crippen LogP contribution < -0.4 is 25.4 Å². The van der Waals surface area contributed by atoms with Gasteiger partial charge in [-0.3, -0.25) is 19.2 Å². The third-order valence-electron chi connectivity index (χ3n) is 7.03. The Hall–Kier alpha value is -3.79. The largest absolute Gasteiger partial charge is 0.492 e. The standard InChI is InChI=1S/C30H37ClN4O6/c1-19(2)16-21-18-41-26-8-4-3-6-23(26)28(37)34-24(17-27(36)35-14-5-7-25(35)30(39)33-21)29(38)32-13-15-40-22-11-9-20(31)10-12-22/h3-4,6,8-12,19,21,24-25H,5,7,13-18H2,1-2H3,(H,32,38)(H,33,39)(H,34,37)/t21-,24+,25+/m1/s1. The second-order valence-electron chi connectivity index (χ2n) is 10.7. The van der Waals surface area contributed by atoms with Crippen LogP contribution in [0.2, 0.25) is 5.02 Å². The molecule has 2 aliphatic heterocycles. The van der Waals surface area contributed by atoms with Crippen molar-refractivity contribution in [3.8, 4) is 11.5 Å². The molecule has 0 saturated carbocycles. The number of rotatable bonds is 7. The lowest BCUT2D eigenvalue weighted by molar-refractivity contribution is -0.140. The molecule has 2 heterocycles. The molecule has 0 bridgehead atoms. The minimum atomic E-state index is -1.17. The molecule has 4 rings (SSSR count). The van der Waals surface area contributed by atoms with E-state index in [9.17, 15) is 19.2 Å². The predicted octanol–water partition coefficient (Wildman–Crippen LogP) is 2.94. The fraction of sp³-hybridized carbons (Fsp3) is 0.467. The van der Waals surface area contributed by atoms with Gasteiger partial charge in [-0.05, 0) is 61.6 Å². The first-order valence-electron chi connectivity index (χ1n) is 14.0. The third-order valence-corrected chi connectivity index (χ3v) is 7.29. The SMILES string of the molecule is CC(C)C[C@@H]1COc2ccccc2C(=O)N[C@H](C(=O)NCCOc2ccc(Cl)cc2)CC(=O)N2CCC[C@H]2C(=O)N1. The third kappa shape index (κ3) is 8.36. The number of amides is 4. The lowest BCUT2D eigenvalue weighted by atomic mass is 10.0. The van der Waals surface area contributed by atoms with Crippen molar-refractivity contribution in [2.75, 3.05) is 26.3 Å². The Morgan fingerprint density at radius 3 is 2.63 bits per heavy atom. The van der Waals surface area contributed by atoms with Crippen LogP contribution in [0, 0.1) is 5.92 Å². The van der Waals surface area contributed by atoms with Crippen molar-refractivity contribution < 1.29 is 28.7 Å². The number of fused-ring (bicyclic) bond motifs is 2. The predicted molar refractivity (Wildman–Crippen MR) is 154 cm³/mol. The maximum Gasteiger partial charge on any atom is 0.255 e. The Morgan fingerprint density at radius 2 is 1.88 bits per heavy atom. The second kappa shape index (κ2) is 14.2. The number of benzene rings is 2. The zero-order valence-electron chi connectivity index (χ0n) is 23.4. The van der Waals surface area contributed by atoms with Gasteiger partial charge in [0.15, 0.2) is 0 Å². The number of carbonyl (C=O) groups is 4. The average Bonchev–Trinajstić information content (AvgIpc) is 3.44. The smallest absolute Gasteiger partial charge is 0.255 e. The lowest BCUT2D eigenvalue weighted by Crippen LogP contribution is -2.54. The van der Waals surface area contributed by atoms with E-state index in [1.54, 1.807) is 48.5 Å². The topological polar surface area (TPSA) is 126 Å². The van der Waals surface area contributed by atoms with E-state index in [0.29, 0.717) is 48.2 Å². The van der Waals surface area contributed by atoms with Gasteiger partial charge in [-0.25, -0.2) is 0 Å². The molecule has 2 aromatic rings. The van der Waals surface area contributed by atoms with Gasteiger partial charge in [0.1, 0.15) is 36.8 Å². The van der Waals surface area contributed by atoms with Crippen LogP contribution in [-0.4, -0.2) is 73.0 Å².